The van der Waals surface area contributed by atoms with Gasteiger partial charge in [-0.25, -0.2) is 0 Å². The minimum Gasteiger partial charge on any atom is -0.508 e. The lowest BCUT2D eigenvalue weighted by Gasteiger charge is -2.09. The Bertz CT molecular complexity index is 875. The van der Waals surface area contributed by atoms with Gasteiger partial charge in [-0.3, -0.25) is 4.79 Å². The van der Waals surface area contributed by atoms with E-state index in [9.17, 15) is 15.0 Å². The number of fused-ring (bicyclic) bond motifs is 3. The van der Waals surface area contributed by atoms with Crippen LogP contribution in [0.5, 0.6) is 11.5 Å². The average molecular weight is 256 g/mol. The maximum atomic E-state index is 12.1. The van der Waals surface area contributed by atoms with Crippen LogP contribution in [0.15, 0.2) is 33.5 Å². The van der Waals surface area contributed by atoms with Crippen molar-refractivity contribution in [3.63, 3.8) is 0 Å². The van der Waals surface area contributed by atoms with Crippen LogP contribution in [0.4, 0.5) is 0 Å². The van der Waals surface area contributed by atoms with Crippen LogP contribution in [0.2, 0.25) is 0 Å². The molecule has 2 N–H and O–H groups in total. The number of hydrogen-bond acceptors (Lipinski definition) is 4. The Morgan fingerprint density at radius 2 is 1.74 bits per heavy atom. The zero-order valence-electron chi connectivity index (χ0n) is 10.5. The number of benzene rings is 2. The summed E-state index contributed by atoms with van der Waals surface area (Å²) in [4.78, 5) is 12.1. The highest BCUT2D eigenvalue weighted by atomic mass is 16.3. The Labute approximate surface area is 108 Å². The normalized spacial score (nSPS) is 11.3. The molecule has 0 radical (unpaired) electrons. The second kappa shape index (κ2) is 3.75. The zero-order valence-corrected chi connectivity index (χ0v) is 10.5. The molecule has 96 valence electrons. The van der Waals surface area contributed by atoms with Gasteiger partial charge < -0.3 is 14.6 Å². The van der Waals surface area contributed by atoms with E-state index < -0.39 is 0 Å². The van der Waals surface area contributed by atoms with Crippen molar-refractivity contribution < 1.29 is 14.6 Å². The molecule has 0 aliphatic carbocycles. The quantitative estimate of drug-likeness (QED) is 0.606. The molecule has 3 aromatic rings. The van der Waals surface area contributed by atoms with Crippen LogP contribution in [0, 0.1) is 13.8 Å². The Hall–Kier alpha value is -2.49. The summed E-state index contributed by atoms with van der Waals surface area (Å²) in [5.74, 6) is 0.568. The molecule has 1 heterocycles. The lowest BCUT2D eigenvalue weighted by Crippen LogP contribution is -2.01. The first-order chi connectivity index (χ1) is 8.97. The van der Waals surface area contributed by atoms with Crippen molar-refractivity contribution in [3.05, 3.63) is 45.8 Å². The summed E-state index contributed by atoms with van der Waals surface area (Å²) >= 11 is 0. The van der Waals surface area contributed by atoms with Gasteiger partial charge in [-0.15, -0.1) is 0 Å². The van der Waals surface area contributed by atoms with Crippen LogP contribution in [-0.2, 0) is 0 Å². The third kappa shape index (κ3) is 1.64. The van der Waals surface area contributed by atoms with Gasteiger partial charge in [-0.05, 0) is 31.5 Å². The number of rotatable bonds is 0. The lowest BCUT2D eigenvalue weighted by atomic mass is 10.00. The molecule has 1 aromatic heterocycles. The number of phenolic OH excluding ortho intramolecular Hbond substituents is 2. The molecule has 2 aromatic carbocycles. The maximum absolute atomic E-state index is 12.1. The van der Waals surface area contributed by atoms with Crippen molar-refractivity contribution in [1.82, 2.24) is 0 Å². The van der Waals surface area contributed by atoms with Gasteiger partial charge in [0.2, 0.25) is 0 Å². The van der Waals surface area contributed by atoms with Crippen molar-refractivity contribution in [2.24, 2.45) is 0 Å². The van der Waals surface area contributed by atoms with Gasteiger partial charge in [-0.2, -0.15) is 0 Å². The summed E-state index contributed by atoms with van der Waals surface area (Å²) in [6.45, 7) is 3.44. The van der Waals surface area contributed by atoms with Crippen LogP contribution in [0.1, 0.15) is 11.3 Å². The summed E-state index contributed by atoms with van der Waals surface area (Å²) < 4.78 is 5.47. The van der Waals surface area contributed by atoms with Gasteiger partial charge in [0.15, 0.2) is 5.43 Å². The smallest absolute Gasteiger partial charge is 0.193 e. The monoisotopic (exact) mass is 256 g/mol. The highest BCUT2D eigenvalue weighted by Gasteiger charge is 2.13. The Balaban J connectivity index is 2.70. The maximum Gasteiger partial charge on any atom is 0.193 e. The first kappa shape index (κ1) is 11.6. The van der Waals surface area contributed by atoms with Crippen molar-refractivity contribution in [1.29, 1.82) is 0 Å². The van der Waals surface area contributed by atoms with E-state index in [1.165, 1.54) is 18.2 Å². The van der Waals surface area contributed by atoms with Crippen LogP contribution in [0.25, 0.3) is 21.7 Å². The second-order valence-electron chi connectivity index (χ2n) is 4.68. The van der Waals surface area contributed by atoms with E-state index in [2.05, 4.69) is 0 Å². The zero-order chi connectivity index (χ0) is 13.7. The molecule has 0 spiro atoms. The van der Waals surface area contributed by atoms with Gasteiger partial charge in [-0.1, -0.05) is 0 Å². The second-order valence-corrected chi connectivity index (χ2v) is 4.68. The first-order valence-corrected chi connectivity index (χ1v) is 5.87. The van der Waals surface area contributed by atoms with Crippen LogP contribution >= 0.6 is 0 Å². The highest BCUT2D eigenvalue weighted by molar-refractivity contribution is 6.10. The van der Waals surface area contributed by atoms with Crippen LogP contribution in [-0.4, -0.2) is 10.2 Å². The summed E-state index contributed by atoms with van der Waals surface area (Å²) in [6.07, 6.45) is 0. The lowest BCUT2D eigenvalue weighted by molar-refractivity contribution is 0.474. The first-order valence-electron chi connectivity index (χ1n) is 5.87. The number of phenols is 2. The van der Waals surface area contributed by atoms with E-state index in [4.69, 9.17) is 4.42 Å². The number of aryl methyl sites for hydroxylation is 2. The van der Waals surface area contributed by atoms with Crippen molar-refractivity contribution >= 4 is 21.7 Å². The molecule has 0 saturated heterocycles. The molecule has 3 rings (SSSR count). The number of aromatic hydroxyl groups is 2. The fraction of sp³-hybridized carbons (Fsp3) is 0.133. The van der Waals surface area contributed by atoms with E-state index in [1.54, 1.807) is 19.9 Å². The van der Waals surface area contributed by atoms with E-state index in [-0.39, 0.29) is 16.9 Å². The van der Waals surface area contributed by atoms with E-state index >= 15 is 0 Å². The van der Waals surface area contributed by atoms with Gasteiger partial charge in [0.25, 0.3) is 0 Å². The van der Waals surface area contributed by atoms with Crippen LogP contribution in [0.3, 0.4) is 0 Å². The molecule has 4 heteroatoms. The minimum absolute atomic E-state index is 0.0359. The predicted octanol–water partition coefficient (Wildman–Crippen LogP) is 2.97. The topological polar surface area (TPSA) is 70.7 Å². The third-order valence-electron chi connectivity index (χ3n) is 3.21. The van der Waals surface area contributed by atoms with Crippen LogP contribution < -0.4 is 5.43 Å². The van der Waals surface area contributed by atoms with Gasteiger partial charge >= 0.3 is 0 Å². The Morgan fingerprint density at radius 1 is 1.00 bits per heavy atom. The van der Waals surface area contributed by atoms with Crippen molar-refractivity contribution in [2.45, 2.75) is 13.8 Å². The van der Waals surface area contributed by atoms with E-state index in [1.807, 2.05) is 0 Å². The van der Waals surface area contributed by atoms with Gasteiger partial charge in [0.05, 0.1) is 5.39 Å². The minimum atomic E-state index is -0.186. The van der Waals surface area contributed by atoms with Crippen molar-refractivity contribution in [2.75, 3.05) is 0 Å². The molecule has 0 unspecified atom stereocenters. The van der Waals surface area contributed by atoms with Crippen molar-refractivity contribution in [3.8, 4) is 11.5 Å². The summed E-state index contributed by atoms with van der Waals surface area (Å²) in [6, 6.07) is 5.86. The van der Waals surface area contributed by atoms with Gasteiger partial charge in [0, 0.05) is 22.9 Å². The molecular formula is C15H12O4. The summed E-state index contributed by atoms with van der Waals surface area (Å²) in [5.41, 5.74) is 0.836. The third-order valence-corrected chi connectivity index (χ3v) is 3.21. The molecule has 19 heavy (non-hydrogen) atoms. The molecule has 0 saturated carbocycles. The molecule has 0 fully saturated rings. The fourth-order valence-electron chi connectivity index (χ4n) is 2.50. The molecule has 0 bridgehead atoms. The predicted molar refractivity (Wildman–Crippen MR) is 72.8 cm³/mol. The molecule has 4 nitrogen and oxygen atoms in total. The number of hydrogen-bond donors (Lipinski definition) is 2. The molecule has 0 amide bonds. The van der Waals surface area contributed by atoms with Gasteiger partial charge in [0.1, 0.15) is 22.8 Å². The fourth-order valence-corrected chi connectivity index (χ4v) is 2.50. The summed E-state index contributed by atoms with van der Waals surface area (Å²) in [7, 11) is 0. The molecule has 0 atom stereocenters. The summed E-state index contributed by atoms with van der Waals surface area (Å²) in [5, 5.41) is 21.2. The van der Waals surface area contributed by atoms with E-state index in [0.29, 0.717) is 33.1 Å². The highest BCUT2D eigenvalue weighted by Crippen LogP contribution is 2.36. The van der Waals surface area contributed by atoms with E-state index in [0.717, 1.165) is 0 Å². The largest absolute Gasteiger partial charge is 0.508 e. The molecule has 0 aliphatic heterocycles. The Morgan fingerprint density at radius 3 is 2.47 bits per heavy atom. The molecular weight excluding hydrogens is 244 g/mol. The molecule has 0 aliphatic rings. The average Bonchev–Trinajstić information content (AvgIpc) is 2.25. The Kier molecular flexibility index (Phi) is 2.29. The SMILES string of the molecule is Cc1cc(=O)c2c(cc(O)c3c(C)cc(O)cc32)o1. The standard InChI is InChI=1S/C15H12O4/c1-7-3-9(16)5-10-14(7)12(18)6-13-15(10)11(17)4-8(2)19-13/h3-6,16,18H,1-2H3.